The van der Waals surface area contributed by atoms with Crippen LogP contribution in [0.25, 0.3) is 0 Å². The van der Waals surface area contributed by atoms with Crippen LogP contribution in [0.5, 0.6) is 5.75 Å². The van der Waals surface area contributed by atoms with E-state index in [9.17, 15) is 34.0 Å². The van der Waals surface area contributed by atoms with Crippen molar-refractivity contribution in [2.45, 2.75) is 18.0 Å². The predicted molar refractivity (Wildman–Crippen MR) is 128 cm³/mol. The number of non-ortho nitro benzene ring substituents is 1. The fraction of sp³-hybridized carbons (Fsp3) is 0.192. The monoisotopic (exact) mass is 502 g/mol. The second-order valence-corrected chi connectivity index (χ2v) is 9.37. The van der Waals surface area contributed by atoms with Crippen LogP contribution < -0.4 is 15.5 Å². The van der Waals surface area contributed by atoms with Gasteiger partial charge in [-0.1, -0.05) is 18.2 Å². The van der Waals surface area contributed by atoms with Crippen molar-refractivity contribution in [3.63, 3.8) is 0 Å². The quantitative estimate of drug-likeness (QED) is 0.283. The minimum atomic E-state index is -1.72. The van der Waals surface area contributed by atoms with Crippen molar-refractivity contribution in [1.82, 2.24) is 5.32 Å². The molecule has 3 aromatic rings. The van der Waals surface area contributed by atoms with Gasteiger partial charge in [-0.3, -0.25) is 29.8 Å². The number of nitro benzene ring substituents is 1. The largest absolute Gasteiger partial charge is 0.508 e. The number of hydrogen-bond donors (Lipinski definition) is 3. The van der Waals surface area contributed by atoms with Crippen molar-refractivity contribution >= 4 is 34.8 Å². The van der Waals surface area contributed by atoms with E-state index in [-0.39, 0.29) is 29.1 Å². The number of amides is 3. The smallest absolute Gasteiger partial charge is 0.271 e. The second-order valence-electron chi connectivity index (χ2n) is 9.37. The zero-order valence-electron chi connectivity index (χ0n) is 19.1. The van der Waals surface area contributed by atoms with Gasteiger partial charge in [-0.25, -0.2) is 9.29 Å². The average Bonchev–Trinajstić information content (AvgIpc) is 3.45. The Bertz CT molecular complexity index is 1510. The van der Waals surface area contributed by atoms with Crippen LogP contribution >= 0.6 is 0 Å². The number of nitro groups is 1. The first-order valence-corrected chi connectivity index (χ1v) is 11.5. The Hall–Kier alpha value is -4.64. The molecule has 0 bridgehead atoms. The van der Waals surface area contributed by atoms with Gasteiger partial charge in [-0.15, -0.1) is 0 Å². The number of phenolic OH excluding ortho intramolecular Hbond substituents is 1. The number of anilines is 2. The third-order valence-corrected chi connectivity index (χ3v) is 7.37. The Morgan fingerprint density at radius 3 is 2.51 bits per heavy atom. The molecule has 3 aromatic carbocycles. The first-order chi connectivity index (χ1) is 17.7. The minimum Gasteiger partial charge on any atom is -0.508 e. The van der Waals surface area contributed by atoms with Crippen LogP contribution in [0.4, 0.5) is 21.5 Å². The highest BCUT2D eigenvalue weighted by Gasteiger charge is 2.70. The number of benzene rings is 3. The number of halogens is 1. The van der Waals surface area contributed by atoms with Gasteiger partial charge >= 0.3 is 0 Å². The van der Waals surface area contributed by atoms with Crippen LogP contribution in [-0.2, 0) is 26.3 Å². The molecular weight excluding hydrogens is 483 g/mol. The molecular formula is C26H19FN4O6. The van der Waals surface area contributed by atoms with Crippen molar-refractivity contribution in [3.05, 3.63) is 93.8 Å². The number of carbonyl (C=O) groups excluding carboxylic acids is 3. The summed E-state index contributed by atoms with van der Waals surface area (Å²) in [6, 6.07) is 14.5. The van der Waals surface area contributed by atoms with Gasteiger partial charge < -0.3 is 10.4 Å². The lowest BCUT2D eigenvalue weighted by Gasteiger charge is -2.29. The highest BCUT2D eigenvalue weighted by atomic mass is 19.1. The predicted octanol–water partition coefficient (Wildman–Crippen LogP) is 2.61. The summed E-state index contributed by atoms with van der Waals surface area (Å²) in [5.74, 6) is -4.68. The molecule has 186 valence electrons. The molecule has 1 spiro atoms. The maximum Gasteiger partial charge on any atom is 0.271 e. The summed E-state index contributed by atoms with van der Waals surface area (Å²) < 4.78 is 14.4. The van der Waals surface area contributed by atoms with Gasteiger partial charge in [-0.2, -0.15) is 0 Å². The van der Waals surface area contributed by atoms with E-state index < -0.39 is 51.9 Å². The molecule has 0 saturated carbocycles. The maximum absolute atomic E-state index is 14.4. The number of carbonyl (C=O) groups is 3. The van der Waals surface area contributed by atoms with Crippen molar-refractivity contribution < 1.29 is 28.8 Å². The number of phenols is 1. The molecule has 3 aliphatic heterocycles. The fourth-order valence-corrected chi connectivity index (χ4v) is 5.84. The van der Waals surface area contributed by atoms with Gasteiger partial charge in [-0.05, 0) is 48.4 Å². The topological polar surface area (TPSA) is 142 Å². The van der Waals surface area contributed by atoms with E-state index in [1.807, 2.05) is 0 Å². The normalized spacial score (nSPS) is 25.9. The van der Waals surface area contributed by atoms with Crippen molar-refractivity contribution in [1.29, 1.82) is 0 Å². The van der Waals surface area contributed by atoms with Crippen LogP contribution in [0.1, 0.15) is 11.1 Å². The molecule has 0 radical (unpaired) electrons. The summed E-state index contributed by atoms with van der Waals surface area (Å²) in [4.78, 5) is 52.8. The highest BCUT2D eigenvalue weighted by molar-refractivity contribution is 6.25. The van der Waals surface area contributed by atoms with E-state index in [1.165, 1.54) is 48.5 Å². The molecule has 0 unspecified atom stereocenters. The zero-order valence-corrected chi connectivity index (χ0v) is 19.1. The van der Waals surface area contributed by atoms with Crippen molar-refractivity contribution in [2.75, 3.05) is 10.2 Å². The van der Waals surface area contributed by atoms with E-state index >= 15 is 0 Å². The molecule has 2 saturated heterocycles. The summed E-state index contributed by atoms with van der Waals surface area (Å²) in [7, 11) is 0. The Balaban J connectivity index is 1.49. The number of nitrogens with zero attached hydrogens (tertiary/aromatic N) is 2. The van der Waals surface area contributed by atoms with E-state index in [1.54, 1.807) is 12.1 Å². The van der Waals surface area contributed by atoms with Gasteiger partial charge in [0.05, 0.1) is 22.4 Å². The number of hydrogen-bond acceptors (Lipinski definition) is 7. The van der Waals surface area contributed by atoms with Gasteiger partial charge in [0.1, 0.15) is 17.1 Å². The van der Waals surface area contributed by atoms with Gasteiger partial charge in [0, 0.05) is 29.4 Å². The second kappa shape index (κ2) is 7.93. The third-order valence-electron chi connectivity index (χ3n) is 7.37. The number of rotatable bonds is 4. The summed E-state index contributed by atoms with van der Waals surface area (Å²) >= 11 is 0. The molecule has 0 aromatic heterocycles. The highest BCUT2D eigenvalue weighted by Crippen LogP contribution is 2.54. The van der Waals surface area contributed by atoms with Gasteiger partial charge in [0.2, 0.25) is 17.7 Å². The Morgan fingerprint density at radius 1 is 1.03 bits per heavy atom. The molecule has 4 atom stereocenters. The van der Waals surface area contributed by atoms with E-state index in [0.717, 1.165) is 16.5 Å². The lowest BCUT2D eigenvalue weighted by molar-refractivity contribution is -0.384. The van der Waals surface area contributed by atoms with Crippen LogP contribution in [0.2, 0.25) is 0 Å². The van der Waals surface area contributed by atoms with Crippen molar-refractivity contribution in [2.24, 2.45) is 11.8 Å². The van der Waals surface area contributed by atoms with Gasteiger partial charge in [0.25, 0.3) is 5.69 Å². The van der Waals surface area contributed by atoms with Crippen molar-refractivity contribution in [3.8, 4) is 5.75 Å². The molecule has 37 heavy (non-hydrogen) atoms. The van der Waals surface area contributed by atoms with Crippen LogP contribution in [-0.4, -0.2) is 33.8 Å². The number of nitrogens with one attached hydrogen (secondary N) is 2. The average molecular weight is 502 g/mol. The van der Waals surface area contributed by atoms with Crippen LogP contribution in [0, 0.1) is 27.8 Å². The number of fused-ring (bicyclic) bond motifs is 4. The molecule has 3 aliphatic rings. The van der Waals surface area contributed by atoms with E-state index in [0.29, 0.717) is 5.69 Å². The maximum atomic E-state index is 14.4. The molecule has 11 heteroatoms. The van der Waals surface area contributed by atoms with Crippen LogP contribution in [0.3, 0.4) is 0 Å². The molecule has 0 aliphatic carbocycles. The molecule has 3 N–H and O–H groups in total. The SMILES string of the molecule is O=C1[C@H]2[C@@H](C(=O)N1c1cccc([N+](=O)[O-])c1)[C@@]1(N[C@@H]2Cc2ccc(O)cc2)C(=O)Nc2ccc(F)cc21. The molecule has 3 heterocycles. The molecule has 10 nitrogen and oxygen atoms in total. The first kappa shape index (κ1) is 22.8. The van der Waals surface area contributed by atoms with E-state index in [2.05, 4.69) is 10.6 Å². The lowest BCUT2D eigenvalue weighted by Crippen LogP contribution is -2.53. The van der Waals surface area contributed by atoms with Gasteiger partial charge in [0.15, 0.2) is 0 Å². The lowest BCUT2D eigenvalue weighted by atomic mass is 9.76. The van der Waals surface area contributed by atoms with E-state index in [4.69, 9.17) is 0 Å². The summed E-state index contributed by atoms with van der Waals surface area (Å²) in [5, 5.41) is 26.9. The summed E-state index contributed by atoms with van der Waals surface area (Å²) in [6.45, 7) is 0. The zero-order chi connectivity index (χ0) is 26.1. The van der Waals surface area contributed by atoms with Crippen LogP contribution in [0.15, 0.2) is 66.7 Å². The third kappa shape index (κ3) is 3.24. The standard InChI is InChI=1S/C26H19FN4O6/c27-14-6-9-19-18(11-14)26(25(35)28-19)22-21(20(29-26)10-13-4-7-17(32)8-5-13)23(33)30(24(22)34)15-2-1-3-16(12-15)31(36)37/h1-9,11-12,20-22,29,32H,10H2,(H,28,35)/t20-,21-,22+,26-/m1/s1. The minimum absolute atomic E-state index is 0.0232. The number of aromatic hydroxyl groups is 1. The summed E-state index contributed by atoms with van der Waals surface area (Å²) in [5.41, 5.74) is -0.700. The molecule has 2 fully saturated rings. The Kier molecular flexibility index (Phi) is 4.89. The Morgan fingerprint density at radius 2 is 1.78 bits per heavy atom. The fourth-order valence-electron chi connectivity index (χ4n) is 5.84. The Labute approximate surface area is 208 Å². The first-order valence-electron chi connectivity index (χ1n) is 11.5. The summed E-state index contributed by atoms with van der Waals surface area (Å²) in [6.07, 6.45) is 0.225. The molecule has 3 amide bonds. The number of imide groups is 1. The molecule has 6 rings (SSSR count).